The lowest BCUT2D eigenvalue weighted by Gasteiger charge is -2.44. The second-order valence-corrected chi connectivity index (χ2v) is 8.18. The molecular formula is C23H24N6O. The smallest absolute Gasteiger partial charge is 0.154 e. The third-order valence-electron chi connectivity index (χ3n) is 6.75. The van der Waals surface area contributed by atoms with Gasteiger partial charge in [0.25, 0.3) is 0 Å². The van der Waals surface area contributed by atoms with E-state index in [0.29, 0.717) is 5.75 Å². The zero-order valence-electron chi connectivity index (χ0n) is 17.7. The summed E-state index contributed by atoms with van der Waals surface area (Å²) in [5.41, 5.74) is 8.54. The fourth-order valence-corrected chi connectivity index (χ4v) is 4.64. The molecule has 2 N–H and O–H groups in total. The van der Waals surface area contributed by atoms with E-state index in [1.807, 2.05) is 30.3 Å². The summed E-state index contributed by atoms with van der Waals surface area (Å²) in [5, 5.41) is 22.7. The van der Waals surface area contributed by atoms with Gasteiger partial charge in [-0.1, -0.05) is 30.7 Å². The van der Waals surface area contributed by atoms with Gasteiger partial charge in [0, 0.05) is 17.1 Å². The van der Waals surface area contributed by atoms with Gasteiger partial charge >= 0.3 is 0 Å². The van der Waals surface area contributed by atoms with Crippen molar-refractivity contribution >= 4 is 27.6 Å². The number of fused-ring (bicyclic) bond motifs is 2. The molecule has 2 heterocycles. The normalized spacial score (nSPS) is 22.4. The third kappa shape index (κ3) is 2.51. The zero-order valence-corrected chi connectivity index (χ0v) is 17.7. The van der Waals surface area contributed by atoms with Crippen molar-refractivity contribution in [1.82, 2.24) is 30.8 Å². The first-order valence-corrected chi connectivity index (χ1v) is 10.1. The highest BCUT2D eigenvalue weighted by Gasteiger charge is 2.44. The summed E-state index contributed by atoms with van der Waals surface area (Å²) in [4.78, 5) is 0. The van der Waals surface area contributed by atoms with Crippen LogP contribution in [0, 0.1) is 5.92 Å². The van der Waals surface area contributed by atoms with Crippen LogP contribution in [0.1, 0.15) is 40.2 Å². The number of nitrogens with one attached hydrogen (secondary N) is 2. The number of allylic oxidation sites excluding steroid dienone is 2. The van der Waals surface area contributed by atoms with E-state index in [9.17, 15) is 0 Å². The molecule has 0 saturated carbocycles. The fraction of sp³-hybridized carbons (Fsp3) is 0.304. The molecule has 2 aromatic carbocycles. The van der Waals surface area contributed by atoms with Crippen LogP contribution < -0.4 is 4.74 Å². The molecule has 0 saturated heterocycles. The van der Waals surface area contributed by atoms with Crippen molar-refractivity contribution in [2.45, 2.75) is 40.2 Å². The first-order chi connectivity index (χ1) is 14.4. The molecule has 152 valence electrons. The molecule has 0 bridgehead atoms. The molecule has 4 aromatic rings. The van der Waals surface area contributed by atoms with Gasteiger partial charge in [0.15, 0.2) is 5.52 Å². The highest BCUT2D eigenvalue weighted by Crippen LogP contribution is 2.49. The Bertz CT molecular complexity index is 1340. The van der Waals surface area contributed by atoms with Crippen LogP contribution >= 0.6 is 0 Å². The van der Waals surface area contributed by atoms with Crippen LogP contribution in [0.25, 0.3) is 27.6 Å². The lowest BCUT2D eigenvalue weighted by atomic mass is 9.68. The number of ether oxygens (including phenoxy) is 1. The Kier molecular flexibility index (Phi) is 4.03. The van der Waals surface area contributed by atoms with E-state index in [-0.39, 0.29) is 5.92 Å². The highest BCUT2D eigenvalue weighted by molar-refractivity contribution is 5.94. The number of benzene rings is 2. The highest BCUT2D eigenvalue weighted by atomic mass is 16.5. The average Bonchev–Trinajstić information content (AvgIpc) is 3.41. The van der Waals surface area contributed by atoms with Crippen LogP contribution in [-0.4, -0.2) is 36.4 Å². The predicted molar refractivity (Wildman–Crippen MR) is 117 cm³/mol. The van der Waals surface area contributed by atoms with Crippen LogP contribution in [-0.2, 0) is 0 Å². The van der Waals surface area contributed by atoms with Crippen molar-refractivity contribution in [3.8, 4) is 5.75 Å². The molecule has 1 aliphatic rings. The van der Waals surface area contributed by atoms with E-state index < -0.39 is 5.60 Å². The molecule has 0 amide bonds. The van der Waals surface area contributed by atoms with Crippen molar-refractivity contribution in [2.24, 2.45) is 5.92 Å². The molecule has 5 rings (SSSR count). The van der Waals surface area contributed by atoms with Gasteiger partial charge in [-0.3, -0.25) is 0 Å². The molecule has 2 unspecified atom stereocenters. The molecule has 0 fully saturated rings. The maximum atomic E-state index is 6.84. The fourth-order valence-electron chi connectivity index (χ4n) is 4.64. The van der Waals surface area contributed by atoms with Crippen LogP contribution in [0.4, 0.5) is 0 Å². The van der Waals surface area contributed by atoms with Crippen LogP contribution in [0.5, 0.6) is 5.75 Å². The Hall–Kier alpha value is -3.48. The largest absolute Gasteiger partial charge is 0.480 e. The minimum atomic E-state index is -0.631. The number of hydrogen-bond acceptors (Lipinski definition) is 5. The standard InChI is InChI=1S/C23H24N6O/c1-12-13(2)15(4)23(5,30-19-11-7-10-18-22(19)27-29-25-18)20(14(12)3)16-8-6-9-17-21(16)26-28-24-17/h6-11,15H,1-5H3,(H,24,26,28)(H,25,27,29). The number of hydrogen-bond donors (Lipinski definition) is 2. The average molecular weight is 400 g/mol. The van der Waals surface area contributed by atoms with Crippen molar-refractivity contribution in [2.75, 3.05) is 0 Å². The number of nitrogens with zero attached hydrogens (tertiary/aromatic N) is 4. The minimum Gasteiger partial charge on any atom is -0.480 e. The van der Waals surface area contributed by atoms with Gasteiger partial charge in [0.05, 0.1) is 0 Å². The first-order valence-electron chi connectivity index (χ1n) is 10.1. The van der Waals surface area contributed by atoms with Gasteiger partial charge in [-0.2, -0.15) is 30.8 Å². The number of H-pyrrole nitrogens is 2. The summed E-state index contributed by atoms with van der Waals surface area (Å²) in [6.45, 7) is 10.9. The first kappa shape index (κ1) is 18.5. The molecule has 0 spiro atoms. The Morgan fingerprint density at radius 3 is 2.20 bits per heavy atom. The van der Waals surface area contributed by atoms with Crippen molar-refractivity contribution in [3.63, 3.8) is 0 Å². The lowest BCUT2D eigenvalue weighted by molar-refractivity contribution is 0.106. The van der Waals surface area contributed by atoms with E-state index in [0.717, 1.165) is 33.2 Å². The summed E-state index contributed by atoms with van der Waals surface area (Å²) in [5.74, 6) is 0.848. The maximum Gasteiger partial charge on any atom is 0.154 e. The Morgan fingerprint density at radius 2 is 1.47 bits per heavy atom. The molecule has 30 heavy (non-hydrogen) atoms. The van der Waals surface area contributed by atoms with E-state index in [1.165, 1.54) is 16.7 Å². The van der Waals surface area contributed by atoms with Crippen molar-refractivity contribution in [3.05, 3.63) is 58.7 Å². The Balaban J connectivity index is 1.76. The summed E-state index contributed by atoms with van der Waals surface area (Å²) in [7, 11) is 0. The van der Waals surface area contributed by atoms with Crippen LogP contribution in [0.15, 0.2) is 53.1 Å². The second kappa shape index (κ2) is 6.52. The summed E-state index contributed by atoms with van der Waals surface area (Å²) in [6.07, 6.45) is 0. The Morgan fingerprint density at radius 1 is 0.833 bits per heavy atom. The Labute approximate surface area is 174 Å². The number of aromatic amines is 2. The molecule has 0 radical (unpaired) electrons. The molecule has 2 aromatic heterocycles. The zero-order chi connectivity index (χ0) is 21.0. The summed E-state index contributed by atoms with van der Waals surface area (Å²) < 4.78 is 6.84. The minimum absolute atomic E-state index is 0.139. The van der Waals surface area contributed by atoms with E-state index in [2.05, 4.69) is 71.5 Å². The topological polar surface area (TPSA) is 92.4 Å². The van der Waals surface area contributed by atoms with Gasteiger partial charge < -0.3 is 4.74 Å². The van der Waals surface area contributed by atoms with Crippen LogP contribution in [0.2, 0.25) is 0 Å². The van der Waals surface area contributed by atoms with Crippen molar-refractivity contribution < 1.29 is 4.74 Å². The second-order valence-electron chi connectivity index (χ2n) is 8.18. The molecule has 7 nitrogen and oxygen atoms in total. The maximum absolute atomic E-state index is 6.84. The van der Waals surface area contributed by atoms with Crippen LogP contribution in [0.3, 0.4) is 0 Å². The van der Waals surface area contributed by atoms with Gasteiger partial charge in [0.1, 0.15) is 27.9 Å². The molecular weight excluding hydrogens is 376 g/mol. The third-order valence-corrected chi connectivity index (χ3v) is 6.75. The molecule has 0 aliphatic heterocycles. The lowest BCUT2D eigenvalue weighted by Crippen LogP contribution is -2.44. The summed E-state index contributed by atoms with van der Waals surface area (Å²) >= 11 is 0. The van der Waals surface area contributed by atoms with Gasteiger partial charge in [-0.15, -0.1) is 0 Å². The monoisotopic (exact) mass is 400 g/mol. The summed E-state index contributed by atoms with van der Waals surface area (Å²) in [6, 6.07) is 11.9. The van der Waals surface area contributed by atoms with E-state index >= 15 is 0 Å². The SMILES string of the molecule is CC1=C(C)C(C)C(C)(Oc2cccc3n[nH]nc23)C(c2cccc3n[nH]nc23)=C1C. The predicted octanol–water partition coefficient (Wildman–Crippen LogP) is 4.83. The van der Waals surface area contributed by atoms with Crippen molar-refractivity contribution in [1.29, 1.82) is 0 Å². The van der Waals surface area contributed by atoms with Gasteiger partial charge in [-0.25, -0.2) is 0 Å². The molecule has 7 heteroatoms. The molecule has 2 atom stereocenters. The van der Waals surface area contributed by atoms with E-state index in [4.69, 9.17) is 4.74 Å². The number of para-hydroxylation sites is 2. The van der Waals surface area contributed by atoms with Gasteiger partial charge in [0.2, 0.25) is 0 Å². The molecule has 1 aliphatic carbocycles. The number of aromatic nitrogens is 6. The van der Waals surface area contributed by atoms with Gasteiger partial charge in [-0.05, 0) is 57.0 Å². The number of rotatable bonds is 3. The van der Waals surface area contributed by atoms with E-state index in [1.54, 1.807) is 0 Å². The quantitative estimate of drug-likeness (QED) is 0.514.